The lowest BCUT2D eigenvalue weighted by Crippen LogP contribution is -2.31. The van der Waals surface area contributed by atoms with E-state index >= 15 is 0 Å². The van der Waals surface area contributed by atoms with E-state index in [-0.39, 0.29) is 11.5 Å². The van der Waals surface area contributed by atoms with E-state index < -0.39 is 0 Å². The molecule has 2 N–H and O–H groups in total. The SMILES string of the molecule is Cc1nn(C)c2cccc(C3(C(C)N)CC3)c12. The summed E-state index contributed by atoms with van der Waals surface area (Å²) in [6.07, 6.45) is 2.41. The second kappa shape index (κ2) is 3.33. The van der Waals surface area contributed by atoms with Gasteiger partial charge in [0.25, 0.3) is 0 Å². The van der Waals surface area contributed by atoms with Crippen molar-refractivity contribution < 1.29 is 0 Å². The topological polar surface area (TPSA) is 43.8 Å². The minimum Gasteiger partial charge on any atom is -0.327 e. The predicted octanol–water partition coefficient (Wildman–Crippen LogP) is 2.26. The number of benzene rings is 1. The number of nitrogens with two attached hydrogens (primary N) is 1. The Kier molecular flexibility index (Phi) is 2.11. The van der Waals surface area contributed by atoms with Crippen LogP contribution < -0.4 is 5.73 Å². The van der Waals surface area contributed by atoms with Gasteiger partial charge in [0.1, 0.15) is 0 Å². The van der Waals surface area contributed by atoms with E-state index in [1.807, 2.05) is 11.7 Å². The van der Waals surface area contributed by atoms with Crippen LogP contribution in [0.15, 0.2) is 18.2 Å². The Bertz CT molecular complexity index is 576. The number of rotatable bonds is 2. The molecule has 1 aromatic carbocycles. The van der Waals surface area contributed by atoms with Crippen LogP contribution in [0.2, 0.25) is 0 Å². The lowest BCUT2D eigenvalue weighted by atomic mass is 9.86. The smallest absolute Gasteiger partial charge is 0.0684 e. The van der Waals surface area contributed by atoms with Crippen molar-refractivity contribution in [1.29, 1.82) is 0 Å². The maximum absolute atomic E-state index is 6.19. The molecule has 90 valence electrons. The summed E-state index contributed by atoms with van der Waals surface area (Å²) in [4.78, 5) is 0. The number of hydrogen-bond donors (Lipinski definition) is 1. The van der Waals surface area contributed by atoms with E-state index in [0.717, 1.165) is 5.69 Å². The number of nitrogens with zero attached hydrogens (tertiary/aromatic N) is 2. The van der Waals surface area contributed by atoms with Crippen molar-refractivity contribution in [3.63, 3.8) is 0 Å². The van der Waals surface area contributed by atoms with Crippen molar-refractivity contribution in [3.05, 3.63) is 29.5 Å². The summed E-state index contributed by atoms with van der Waals surface area (Å²) in [5.41, 5.74) is 10.1. The maximum atomic E-state index is 6.19. The van der Waals surface area contributed by atoms with Gasteiger partial charge in [-0.15, -0.1) is 0 Å². The van der Waals surface area contributed by atoms with Crippen molar-refractivity contribution in [1.82, 2.24) is 9.78 Å². The highest BCUT2D eigenvalue weighted by Gasteiger charge is 2.48. The molecule has 3 heteroatoms. The Morgan fingerprint density at radius 3 is 2.71 bits per heavy atom. The van der Waals surface area contributed by atoms with Crippen LogP contribution in [0.5, 0.6) is 0 Å². The minimum atomic E-state index is 0.202. The van der Waals surface area contributed by atoms with Gasteiger partial charge in [-0.2, -0.15) is 5.10 Å². The molecule has 1 unspecified atom stereocenters. The summed E-state index contributed by atoms with van der Waals surface area (Å²) < 4.78 is 1.96. The molecule has 1 aromatic heterocycles. The summed E-state index contributed by atoms with van der Waals surface area (Å²) in [6, 6.07) is 6.71. The van der Waals surface area contributed by atoms with Crippen molar-refractivity contribution in [3.8, 4) is 0 Å². The van der Waals surface area contributed by atoms with Gasteiger partial charge in [-0.3, -0.25) is 4.68 Å². The van der Waals surface area contributed by atoms with Crippen LogP contribution in [-0.4, -0.2) is 15.8 Å². The zero-order chi connectivity index (χ0) is 12.2. The van der Waals surface area contributed by atoms with Crippen molar-refractivity contribution in [2.45, 2.75) is 38.1 Å². The summed E-state index contributed by atoms with van der Waals surface area (Å²) >= 11 is 0. The molecular weight excluding hydrogens is 210 g/mol. The Balaban J connectivity index is 2.31. The standard InChI is InChI=1S/C14H19N3/c1-9-13-11(14(7-8-14)10(2)15)5-4-6-12(13)17(3)16-9/h4-6,10H,7-8,15H2,1-3H3. The second-order valence-electron chi connectivity index (χ2n) is 5.35. The average Bonchev–Trinajstić information content (AvgIpc) is 3.04. The molecule has 1 aliphatic rings. The Morgan fingerprint density at radius 1 is 1.41 bits per heavy atom. The van der Waals surface area contributed by atoms with E-state index in [0.29, 0.717) is 0 Å². The molecule has 0 aliphatic heterocycles. The lowest BCUT2D eigenvalue weighted by Gasteiger charge is -2.21. The van der Waals surface area contributed by atoms with Gasteiger partial charge in [-0.05, 0) is 38.3 Å². The molecule has 3 rings (SSSR count). The number of fused-ring (bicyclic) bond motifs is 1. The molecule has 0 radical (unpaired) electrons. The highest BCUT2D eigenvalue weighted by molar-refractivity contribution is 5.87. The number of aromatic nitrogens is 2. The molecule has 2 aromatic rings. The fourth-order valence-corrected chi connectivity index (χ4v) is 3.04. The predicted molar refractivity (Wildman–Crippen MR) is 70.0 cm³/mol. The molecule has 1 heterocycles. The fourth-order valence-electron chi connectivity index (χ4n) is 3.04. The van der Waals surface area contributed by atoms with Crippen molar-refractivity contribution in [2.24, 2.45) is 12.8 Å². The molecule has 17 heavy (non-hydrogen) atoms. The van der Waals surface area contributed by atoms with Crippen LogP contribution in [0.25, 0.3) is 10.9 Å². The summed E-state index contributed by atoms with van der Waals surface area (Å²) in [5.74, 6) is 0. The van der Waals surface area contributed by atoms with Crippen LogP contribution >= 0.6 is 0 Å². The first-order valence-electron chi connectivity index (χ1n) is 6.24. The second-order valence-corrected chi connectivity index (χ2v) is 5.35. The molecule has 3 nitrogen and oxygen atoms in total. The highest BCUT2D eigenvalue weighted by atomic mass is 15.3. The quantitative estimate of drug-likeness (QED) is 0.858. The van der Waals surface area contributed by atoms with Crippen molar-refractivity contribution in [2.75, 3.05) is 0 Å². The Hall–Kier alpha value is -1.35. The van der Waals surface area contributed by atoms with Gasteiger partial charge in [0.15, 0.2) is 0 Å². The maximum Gasteiger partial charge on any atom is 0.0684 e. The first kappa shape index (κ1) is 10.8. The zero-order valence-electron chi connectivity index (χ0n) is 10.7. The van der Waals surface area contributed by atoms with E-state index in [4.69, 9.17) is 5.73 Å². The molecule has 1 aliphatic carbocycles. The Morgan fingerprint density at radius 2 is 2.12 bits per heavy atom. The van der Waals surface area contributed by atoms with Gasteiger partial charge >= 0.3 is 0 Å². The summed E-state index contributed by atoms with van der Waals surface area (Å²) in [6.45, 7) is 4.21. The third-order valence-corrected chi connectivity index (χ3v) is 4.25. The van der Waals surface area contributed by atoms with Gasteiger partial charge in [0, 0.05) is 23.9 Å². The van der Waals surface area contributed by atoms with Crippen molar-refractivity contribution >= 4 is 10.9 Å². The fraction of sp³-hybridized carbons (Fsp3) is 0.500. The molecule has 0 saturated heterocycles. The number of aryl methyl sites for hydroxylation is 2. The normalized spacial score (nSPS) is 19.5. The molecule has 0 spiro atoms. The summed E-state index contributed by atoms with van der Waals surface area (Å²) in [7, 11) is 2.00. The zero-order valence-corrected chi connectivity index (χ0v) is 10.7. The summed E-state index contributed by atoms with van der Waals surface area (Å²) in [5, 5.41) is 5.84. The molecule has 0 bridgehead atoms. The molecule has 1 fully saturated rings. The van der Waals surface area contributed by atoms with Crippen LogP contribution in [0.3, 0.4) is 0 Å². The van der Waals surface area contributed by atoms with Crippen LogP contribution in [-0.2, 0) is 12.5 Å². The van der Waals surface area contributed by atoms with E-state index in [9.17, 15) is 0 Å². The third-order valence-electron chi connectivity index (χ3n) is 4.25. The molecule has 1 atom stereocenters. The highest BCUT2D eigenvalue weighted by Crippen LogP contribution is 2.52. The van der Waals surface area contributed by atoms with Gasteiger partial charge < -0.3 is 5.73 Å². The van der Waals surface area contributed by atoms with Crippen LogP contribution in [0, 0.1) is 6.92 Å². The largest absolute Gasteiger partial charge is 0.327 e. The van der Waals surface area contributed by atoms with E-state index in [1.54, 1.807) is 0 Å². The third kappa shape index (κ3) is 1.35. The van der Waals surface area contributed by atoms with Crippen LogP contribution in [0.4, 0.5) is 0 Å². The minimum absolute atomic E-state index is 0.202. The van der Waals surface area contributed by atoms with E-state index in [1.165, 1.54) is 29.3 Å². The molecule has 0 amide bonds. The van der Waals surface area contributed by atoms with Gasteiger partial charge in [-0.25, -0.2) is 0 Å². The van der Waals surface area contributed by atoms with Crippen LogP contribution in [0.1, 0.15) is 31.0 Å². The molecule has 1 saturated carbocycles. The lowest BCUT2D eigenvalue weighted by molar-refractivity contribution is 0.560. The Labute approximate surface area is 102 Å². The first-order valence-corrected chi connectivity index (χ1v) is 6.24. The van der Waals surface area contributed by atoms with Gasteiger partial charge in [-0.1, -0.05) is 12.1 Å². The van der Waals surface area contributed by atoms with E-state index in [2.05, 4.69) is 37.1 Å². The number of hydrogen-bond acceptors (Lipinski definition) is 2. The molecular formula is C14H19N3. The monoisotopic (exact) mass is 229 g/mol. The first-order chi connectivity index (χ1) is 8.06. The van der Waals surface area contributed by atoms with Gasteiger partial charge in [0.2, 0.25) is 0 Å². The average molecular weight is 229 g/mol. The van der Waals surface area contributed by atoms with Gasteiger partial charge in [0.05, 0.1) is 11.2 Å².